The average molecular weight is 242 g/mol. The van der Waals surface area contributed by atoms with Crippen LogP contribution in [0.25, 0.3) is 0 Å². The second kappa shape index (κ2) is 5.32. The Hall–Kier alpha value is -1.07. The zero-order valence-corrected chi connectivity index (χ0v) is 10.3. The second-order valence-electron chi connectivity index (χ2n) is 3.89. The number of rotatable bonds is 5. The Kier molecular flexibility index (Phi) is 4.32. The zero-order valence-electron chi connectivity index (χ0n) is 9.44. The molecule has 0 heterocycles. The molecule has 5 heteroatoms. The van der Waals surface area contributed by atoms with Crippen molar-refractivity contribution in [3.05, 3.63) is 23.8 Å². The fourth-order valence-electron chi connectivity index (χ4n) is 1.53. The molecule has 0 aromatic heterocycles. The summed E-state index contributed by atoms with van der Waals surface area (Å²) in [4.78, 5) is 0.220. The third-order valence-corrected chi connectivity index (χ3v) is 3.55. The van der Waals surface area contributed by atoms with Crippen molar-refractivity contribution in [1.29, 1.82) is 0 Å². The molecule has 0 fully saturated rings. The number of nitrogen functional groups attached to an aromatic ring is 1. The highest BCUT2D eigenvalue weighted by Gasteiger charge is 2.11. The quantitative estimate of drug-likeness (QED) is 0.594. The molecule has 0 unspecified atom stereocenters. The van der Waals surface area contributed by atoms with Gasteiger partial charge in [-0.2, -0.15) is 0 Å². The third kappa shape index (κ3) is 3.50. The van der Waals surface area contributed by atoms with Gasteiger partial charge < -0.3 is 11.5 Å². The first kappa shape index (κ1) is 13.0. The van der Waals surface area contributed by atoms with E-state index < -0.39 is 9.84 Å². The fraction of sp³-hybridized carbons (Fsp3) is 0.455. The predicted molar refractivity (Wildman–Crippen MR) is 66.0 cm³/mol. The van der Waals surface area contributed by atoms with E-state index >= 15 is 0 Å². The topological polar surface area (TPSA) is 86.2 Å². The number of unbranched alkanes of at least 4 members (excludes halogenated alkanes) is 1. The maximum absolute atomic E-state index is 11.4. The van der Waals surface area contributed by atoms with Crippen LogP contribution < -0.4 is 11.5 Å². The Morgan fingerprint density at radius 2 is 1.94 bits per heavy atom. The first-order valence-electron chi connectivity index (χ1n) is 5.23. The van der Waals surface area contributed by atoms with E-state index in [2.05, 4.69) is 0 Å². The van der Waals surface area contributed by atoms with Gasteiger partial charge in [-0.15, -0.1) is 0 Å². The number of hydrogen-bond donors (Lipinski definition) is 2. The smallest absolute Gasteiger partial charge is 0.177 e. The molecule has 0 bridgehead atoms. The van der Waals surface area contributed by atoms with E-state index in [0.717, 1.165) is 24.8 Å². The van der Waals surface area contributed by atoms with E-state index in [0.29, 0.717) is 12.2 Å². The van der Waals surface area contributed by atoms with E-state index in [-0.39, 0.29) is 4.90 Å². The maximum Gasteiger partial charge on any atom is 0.177 e. The summed E-state index contributed by atoms with van der Waals surface area (Å²) in [6, 6.07) is 5.16. The van der Waals surface area contributed by atoms with Crippen LogP contribution in [0, 0.1) is 0 Å². The van der Waals surface area contributed by atoms with E-state index in [4.69, 9.17) is 11.5 Å². The highest BCUT2D eigenvalue weighted by Crippen LogP contribution is 2.20. The molecule has 1 rings (SSSR count). The minimum absolute atomic E-state index is 0.220. The molecule has 0 saturated carbocycles. The van der Waals surface area contributed by atoms with Gasteiger partial charge in [0.2, 0.25) is 0 Å². The van der Waals surface area contributed by atoms with Crippen molar-refractivity contribution in [2.45, 2.75) is 24.2 Å². The van der Waals surface area contributed by atoms with E-state index in [1.807, 2.05) is 6.07 Å². The normalized spacial score (nSPS) is 11.6. The van der Waals surface area contributed by atoms with Crippen LogP contribution in [0.2, 0.25) is 0 Å². The van der Waals surface area contributed by atoms with Gasteiger partial charge in [-0.1, -0.05) is 6.07 Å². The lowest BCUT2D eigenvalue weighted by Crippen LogP contribution is -2.04. The Morgan fingerprint density at radius 3 is 2.50 bits per heavy atom. The summed E-state index contributed by atoms with van der Waals surface area (Å²) in [5.41, 5.74) is 12.3. The number of anilines is 1. The molecule has 0 aliphatic heterocycles. The monoisotopic (exact) mass is 242 g/mol. The minimum Gasteiger partial charge on any atom is -0.398 e. The Bertz CT molecular complexity index is 455. The van der Waals surface area contributed by atoms with Gasteiger partial charge in [0.15, 0.2) is 9.84 Å². The molecular weight excluding hydrogens is 224 g/mol. The summed E-state index contributed by atoms with van der Waals surface area (Å²) < 4.78 is 22.9. The molecule has 0 aliphatic rings. The van der Waals surface area contributed by atoms with Crippen molar-refractivity contribution in [3.63, 3.8) is 0 Å². The first-order chi connectivity index (χ1) is 7.45. The van der Waals surface area contributed by atoms with Gasteiger partial charge in [-0.05, 0) is 43.5 Å². The van der Waals surface area contributed by atoms with Crippen molar-refractivity contribution in [2.24, 2.45) is 5.73 Å². The fourth-order valence-corrected chi connectivity index (χ4v) is 2.39. The molecule has 4 nitrogen and oxygen atoms in total. The lowest BCUT2D eigenvalue weighted by molar-refractivity contribution is 0.602. The first-order valence-corrected chi connectivity index (χ1v) is 7.13. The predicted octanol–water partition coefficient (Wildman–Crippen LogP) is 0.954. The van der Waals surface area contributed by atoms with E-state index in [1.54, 1.807) is 12.1 Å². The van der Waals surface area contributed by atoms with Crippen molar-refractivity contribution in [3.8, 4) is 0 Å². The second-order valence-corrected chi connectivity index (χ2v) is 5.87. The molecule has 90 valence electrons. The van der Waals surface area contributed by atoms with Gasteiger partial charge in [0.05, 0.1) is 10.6 Å². The number of nitrogens with two attached hydrogens (primary N) is 2. The third-order valence-electron chi connectivity index (χ3n) is 2.40. The number of sulfone groups is 1. The molecule has 0 spiro atoms. The van der Waals surface area contributed by atoms with Crippen molar-refractivity contribution in [2.75, 3.05) is 18.5 Å². The lowest BCUT2D eigenvalue weighted by atomic mass is 10.1. The van der Waals surface area contributed by atoms with Crippen LogP contribution in [0.4, 0.5) is 5.69 Å². The molecular formula is C11H18N2O2S. The van der Waals surface area contributed by atoms with Crippen LogP contribution in [0.5, 0.6) is 0 Å². The molecule has 0 atom stereocenters. The molecule has 1 aromatic rings. The highest BCUT2D eigenvalue weighted by molar-refractivity contribution is 7.90. The van der Waals surface area contributed by atoms with Gasteiger partial charge in [0.25, 0.3) is 0 Å². The molecule has 0 amide bonds. The van der Waals surface area contributed by atoms with Crippen LogP contribution in [0.15, 0.2) is 23.1 Å². The van der Waals surface area contributed by atoms with Crippen molar-refractivity contribution < 1.29 is 8.42 Å². The number of benzene rings is 1. The summed E-state index contributed by atoms with van der Waals surface area (Å²) in [7, 11) is -3.24. The SMILES string of the molecule is CS(=O)(=O)c1cc(CCCCN)ccc1N. The Labute approximate surface area is 96.6 Å². The van der Waals surface area contributed by atoms with Crippen LogP contribution in [-0.2, 0) is 16.3 Å². The van der Waals surface area contributed by atoms with Gasteiger partial charge in [0, 0.05) is 6.26 Å². The van der Waals surface area contributed by atoms with Crippen LogP contribution in [0.1, 0.15) is 18.4 Å². The minimum atomic E-state index is -3.24. The Morgan fingerprint density at radius 1 is 1.25 bits per heavy atom. The Balaban J connectivity index is 2.91. The summed E-state index contributed by atoms with van der Waals surface area (Å²) in [5, 5.41) is 0. The molecule has 0 aliphatic carbocycles. The van der Waals surface area contributed by atoms with Gasteiger partial charge in [-0.3, -0.25) is 0 Å². The summed E-state index contributed by atoms with van der Waals surface area (Å²) in [5.74, 6) is 0. The van der Waals surface area contributed by atoms with E-state index in [1.165, 1.54) is 6.26 Å². The van der Waals surface area contributed by atoms with Crippen molar-refractivity contribution in [1.82, 2.24) is 0 Å². The summed E-state index contributed by atoms with van der Waals surface area (Å²) in [6.45, 7) is 0.661. The van der Waals surface area contributed by atoms with Gasteiger partial charge in [-0.25, -0.2) is 8.42 Å². The van der Waals surface area contributed by atoms with Crippen LogP contribution in [0.3, 0.4) is 0 Å². The summed E-state index contributed by atoms with van der Waals surface area (Å²) in [6.07, 6.45) is 3.91. The number of aryl methyl sites for hydroxylation is 1. The molecule has 0 saturated heterocycles. The lowest BCUT2D eigenvalue weighted by Gasteiger charge is -2.06. The van der Waals surface area contributed by atoms with E-state index in [9.17, 15) is 8.42 Å². The largest absolute Gasteiger partial charge is 0.398 e. The van der Waals surface area contributed by atoms with Crippen LogP contribution >= 0.6 is 0 Å². The average Bonchev–Trinajstić information content (AvgIpc) is 2.19. The molecule has 16 heavy (non-hydrogen) atoms. The molecule has 4 N–H and O–H groups in total. The van der Waals surface area contributed by atoms with Gasteiger partial charge in [0.1, 0.15) is 0 Å². The van der Waals surface area contributed by atoms with Gasteiger partial charge >= 0.3 is 0 Å². The van der Waals surface area contributed by atoms with Crippen LogP contribution in [-0.4, -0.2) is 21.2 Å². The standard InChI is InChI=1S/C11H18N2O2S/c1-16(14,15)11-8-9(4-2-3-7-12)5-6-10(11)13/h5-6,8H,2-4,7,12-13H2,1H3. The highest BCUT2D eigenvalue weighted by atomic mass is 32.2. The molecule has 1 aromatic carbocycles. The zero-order chi connectivity index (χ0) is 12.2. The molecule has 0 radical (unpaired) electrons. The maximum atomic E-state index is 11.4. The van der Waals surface area contributed by atoms with Crippen molar-refractivity contribution >= 4 is 15.5 Å². The number of hydrogen-bond acceptors (Lipinski definition) is 4. The summed E-state index contributed by atoms with van der Waals surface area (Å²) >= 11 is 0.